The van der Waals surface area contributed by atoms with Crippen LogP contribution < -0.4 is 10.1 Å². The lowest BCUT2D eigenvalue weighted by atomic mass is 10.1. The van der Waals surface area contributed by atoms with Gasteiger partial charge in [0.15, 0.2) is 6.61 Å². The average Bonchev–Trinajstić information content (AvgIpc) is 2.44. The summed E-state index contributed by atoms with van der Waals surface area (Å²) in [5.41, 5.74) is 1.11. The van der Waals surface area contributed by atoms with Crippen molar-refractivity contribution >= 4 is 5.91 Å². The number of carbonyl (C=O) groups excluding carboxylic acids is 1. The van der Waals surface area contributed by atoms with Gasteiger partial charge in [-0.3, -0.25) is 4.79 Å². The Morgan fingerprint density at radius 3 is 2.20 bits per heavy atom. The van der Waals surface area contributed by atoms with Gasteiger partial charge in [0.2, 0.25) is 0 Å². The molecule has 2 rings (SSSR count). The molecule has 0 radical (unpaired) electrons. The number of nitrogens with one attached hydrogen (secondary N) is 1. The monoisotopic (exact) mass is 277 g/mol. The second kappa shape index (κ2) is 6.14. The van der Waals surface area contributed by atoms with E-state index in [1.807, 2.05) is 0 Å². The Morgan fingerprint density at radius 1 is 1.05 bits per heavy atom. The maximum atomic E-state index is 13.1. The lowest BCUT2D eigenvalue weighted by Crippen LogP contribution is -2.24. The molecule has 0 saturated heterocycles. The van der Waals surface area contributed by atoms with E-state index in [9.17, 15) is 13.6 Å². The minimum Gasteiger partial charge on any atom is -0.484 e. The Balaban J connectivity index is 2.13. The van der Waals surface area contributed by atoms with Crippen molar-refractivity contribution < 1.29 is 18.3 Å². The lowest BCUT2D eigenvalue weighted by molar-refractivity contribution is -0.122. The third kappa shape index (κ3) is 3.54. The summed E-state index contributed by atoms with van der Waals surface area (Å²) in [4.78, 5) is 11.0. The Kier molecular flexibility index (Phi) is 4.30. The van der Waals surface area contributed by atoms with Crippen molar-refractivity contribution in [1.82, 2.24) is 5.32 Å². The summed E-state index contributed by atoms with van der Waals surface area (Å²) >= 11 is 0. The van der Waals surface area contributed by atoms with Gasteiger partial charge >= 0.3 is 0 Å². The minimum atomic E-state index is -0.625. The highest BCUT2D eigenvalue weighted by Gasteiger charge is 2.04. The van der Waals surface area contributed by atoms with Crippen LogP contribution >= 0.6 is 0 Å². The van der Waals surface area contributed by atoms with E-state index in [-0.39, 0.29) is 12.5 Å². The number of ether oxygens (including phenoxy) is 1. The number of amides is 1. The molecule has 20 heavy (non-hydrogen) atoms. The van der Waals surface area contributed by atoms with Gasteiger partial charge in [-0.05, 0) is 35.4 Å². The molecule has 0 heterocycles. The fourth-order valence-corrected chi connectivity index (χ4v) is 1.69. The van der Waals surface area contributed by atoms with Gasteiger partial charge < -0.3 is 10.1 Å². The van der Waals surface area contributed by atoms with Crippen LogP contribution in [0.5, 0.6) is 5.75 Å². The van der Waals surface area contributed by atoms with E-state index in [1.165, 1.54) is 19.2 Å². The van der Waals surface area contributed by atoms with Gasteiger partial charge in [-0.15, -0.1) is 0 Å². The van der Waals surface area contributed by atoms with Crippen LogP contribution in [0.4, 0.5) is 8.78 Å². The highest BCUT2D eigenvalue weighted by atomic mass is 19.1. The molecule has 1 amide bonds. The van der Waals surface area contributed by atoms with Crippen LogP contribution in [0, 0.1) is 11.6 Å². The maximum absolute atomic E-state index is 13.1. The molecule has 0 fully saturated rings. The van der Waals surface area contributed by atoms with Crippen LogP contribution in [0.25, 0.3) is 11.1 Å². The van der Waals surface area contributed by atoms with Gasteiger partial charge in [0.05, 0.1) is 0 Å². The predicted molar refractivity (Wildman–Crippen MR) is 71.4 cm³/mol. The van der Waals surface area contributed by atoms with Crippen molar-refractivity contribution in [3.8, 4) is 16.9 Å². The molecule has 0 aliphatic rings. The van der Waals surface area contributed by atoms with Crippen molar-refractivity contribution in [2.75, 3.05) is 13.7 Å². The van der Waals surface area contributed by atoms with Gasteiger partial charge in [-0.25, -0.2) is 8.78 Å². The molecular weight excluding hydrogens is 264 g/mol. The molecule has 0 aliphatic carbocycles. The molecule has 0 aromatic heterocycles. The number of benzene rings is 2. The Bertz CT molecular complexity index is 592. The second-order valence-electron chi connectivity index (χ2n) is 4.14. The molecule has 2 aromatic carbocycles. The molecule has 1 N–H and O–H groups in total. The predicted octanol–water partition coefficient (Wildman–Crippen LogP) is 2.76. The molecular formula is C15H13F2NO2. The van der Waals surface area contributed by atoms with Crippen LogP contribution in [-0.4, -0.2) is 19.6 Å². The smallest absolute Gasteiger partial charge is 0.257 e. The topological polar surface area (TPSA) is 38.3 Å². The molecule has 104 valence electrons. The number of halogens is 2. The Labute approximate surface area is 115 Å². The minimum absolute atomic E-state index is 0.0789. The summed E-state index contributed by atoms with van der Waals surface area (Å²) < 4.78 is 31.5. The molecule has 0 saturated carbocycles. The first-order valence-electron chi connectivity index (χ1n) is 5.98. The summed E-state index contributed by atoms with van der Waals surface area (Å²) in [6.45, 7) is -0.0789. The second-order valence-corrected chi connectivity index (χ2v) is 4.14. The molecule has 2 aromatic rings. The largest absolute Gasteiger partial charge is 0.484 e. The van der Waals surface area contributed by atoms with Gasteiger partial charge in [-0.1, -0.05) is 12.1 Å². The van der Waals surface area contributed by atoms with Gasteiger partial charge in [-0.2, -0.15) is 0 Å². The maximum Gasteiger partial charge on any atom is 0.257 e. The molecule has 0 atom stereocenters. The number of hydrogen-bond acceptors (Lipinski definition) is 2. The Morgan fingerprint density at radius 2 is 1.65 bits per heavy atom. The molecule has 5 heteroatoms. The van der Waals surface area contributed by atoms with E-state index in [2.05, 4.69) is 5.32 Å². The van der Waals surface area contributed by atoms with E-state index in [4.69, 9.17) is 4.74 Å². The van der Waals surface area contributed by atoms with Crippen molar-refractivity contribution in [3.63, 3.8) is 0 Å². The number of carbonyl (C=O) groups is 1. The summed E-state index contributed by atoms with van der Waals surface area (Å²) in [5.74, 6) is -0.976. The van der Waals surface area contributed by atoms with Crippen molar-refractivity contribution in [3.05, 3.63) is 54.1 Å². The van der Waals surface area contributed by atoms with Gasteiger partial charge in [0.25, 0.3) is 5.91 Å². The van der Waals surface area contributed by atoms with Crippen LogP contribution in [0.3, 0.4) is 0 Å². The van der Waals surface area contributed by atoms with E-state index < -0.39 is 11.6 Å². The van der Waals surface area contributed by atoms with Gasteiger partial charge in [0, 0.05) is 13.1 Å². The normalized spacial score (nSPS) is 10.2. The van der Waals surface area contributed by atoms with Crippen LogP contribution in [0.15, 0.2) is 42.5 Å². The third-order valence-electron chi connectivity index (χ3n) is 2.70. The zero-order chi connectivity index (χ0) is 14.5. The molecule has 0 aliphatic heterocycles. The van der Waals surface area contributed by atoms with Crippen LogP contribution in [0.1, 0.15) is 0 Å². The van der Waals surface area contributed by atoms with Crippen molar-refractivity contribution in [2.24, 2.45) is 0 Å². The number of hydrogen-bond donors (Lipinski definition) is 1. The average molecular weight is 277 g/mol. The molecule has 3 nitrogen and oxygen atoms in total. The lowest BCUT2D eigenvalue weighted by Gasteiger charge is -2.07. The molecule has 0 spiro atoms. The van der Waals surface area contributed by atoms with Crippen molar-refractivity contribution in [1.29, 1.82) is 0 Å². The van der Waals surface area contributed by atoms with E-state index >= 15 is 0 Å². The summed E-state index contributed by atoms with van der Waals surface area (Å²) in [7, 11) is 1.52. The van der Waals surface area contributed by atoms with Crippen molar-refractivity contribution in [2.45, 2.75) is 0 Å². The first-order chi connectivity index (χ1) is 9.58. The highest BCUT2D eigenvalue weighted by molar-refractivity contribution is 5.77. The summed E-state index contributed by atoms with van der Waals surface area (Å²) in [6, 6.07) is 9.96. The summed E-state index contributed by atoms with van der Waals surface area (Å²) in [6.07, 6.45) is 0. The van der Waals surface area contributed by atoms with Crippen LogP contribution in [0.2, 0.25) is 0 Å². The quantitative estimate of drug-likeness (QED) is 0.933. The first kappa shape index (κ1) is 14.0. The first-order valence-corrected chi connectivity index (χ1v) is 5.98. The van der Waals surface area contributed by atoms with Gasteiger partial charge in [0.1, 0.15) is 17.4 Å². The fourth-order valence-electron chi connectivity index (χ4n) is 1.69. The SMILES string of the molecule is CNC(=O)COc1ccc(-c2cc(F)cc(F)c2)cc1. The fraction of sp³-hybridized carbons (Fsp3) is 0.133. The zero-order valence-corrected chi connectivity index (χ0v) is 10.8. The highest BCUT2D eigenvalue weighted by Crippen LogP contribution is 2.24. The van der Waals surface area contributed by atoms with E-state index in [0.29, 0.717) is 16.9 Å². The molecule has 0 bridgehead atoms. The van der Waals surface area contributed by atoms with E-state index in [0.717, 1.165) is 6.07 Å². The van der Waals surface area contributed by atoms with Crippen LogP contribution in [-0.2, 0) is 4.79 Å². The number of likely N-dealkylation sites (N-methyl/N-ethyl adjacent to an activating group) is 1. The molecule has 0 unspecified atom stereocenters. The third-order valence-corrected chi connectivity index (χ3v) is 2.70. The standard InChI is InChI=1S/C15H13F2NO2/c1-18-15(19)9-20-14-4-2-10(3-5-14)11-6-12(16)8-13(17)7-11/h2-8H,9H2,1H3,(H,18,19). The zero-order valence-electron chi connectivity index (χ0n) is 10.8. The van der Waals surface area contributed by atoms with E-state index in [1.54, 1.807) is 24.3 Å². The number of rotatable bonds is 4. The Hall–Kier alpha value is -2.43. The summed E-state index contributed by atoms with van der Waals surface area (Å²) in [5, 5.41) is 2.44.